The number of hydrogen-bond donors (Lipinski definition) is 0. The standard InChI is InChI=1S/C22H18O/c1-13-8-9-20-16(10-13)17-11-19-15(12-21(17)23-20)14-6-4-5-7-18(14)22(19,2)3/h4-12H,1-3H3. The zero-order valence-electron chi connectivity index (χ0n) is 13.6. The van der Waals surface area contributed by atoms with Crippen LogP contribution in [-0.2, 0) is 5.41 Å². The van der Waals surface area contributed by atoms with Crippen LogP contribution in [-0.4, -0.2) is 0 Å². The number of furan rings is 1. The minimum atomic E-state index is 0.0353. The van der Waals surface area contributed by atoms with Crippen LogP contribution in [0.15, 0.2) is 59.0 Å². The van der Waals surface area contributed by atoms with E-state index in [1.165, 1.54) is 38.6 Å². The molecule has 0 amide bonds. The molecule has 1 nitrogen and oxygen atoms in total. The summed E-state index contributed by atoms with van der Waals surface area (Å²) in [5.74, 6) is 0. The van der Waals surface area contributed by atoms with Gasteiger partial charge in [0.2, 0.25) is 0 Å². The van der Waals surface area contributed by atoms with E-state index in [0.717, 1.165) is 11.2 Å². The first-order chi connectivity index (χ1) is 11.1. The highest BCUT2D eigenvalue weighted by Crippen LogP contribution is 2.50. The third-order valence-electron chi connectivity index (χ3n) is 5.33. The van der Waals surface area contributed by atoms with E-state index in [1.54, 1.807) is 0 Å². The molecule has 0 saturated heterocycles. The first kappa shape index (κ1) is 13.0. The van der Waals surface area contributed by atoms with Crippen LogP contribution in [0.25, 0.3) is 33.1 Å². The van der Waals surface area contributed by atoms with E-state index in [-0.39, 0.29) is 5.41 Å². The molecule has 0 N–H and O–H groups in total. The lowest BCUT2D eigenvalue weighted by Crippen LogP contribution is -2.14. The van der Waals surface area contributed by atoms with E-state index in [4.69, 9.17) is 4.42 Å². The molecule has 0 atom stereocenters. The van der Waals surface area contributed by atoms with Crippen molar-refractivity contribution in [3.05, 3.63) is 71.3 Å². The van der Waals surface area contributed by atoms with Crippen molar-refractivity contribution in [3.63, 3.8) is 0 Å². The predicted octanol–water partition coefficient (Wildman–Crippen LogP) is 6.20. The van der Waals surface area contributed by atoms with E-state index in [0.29, 0.717) is 0 Å². The van der Waals surface area contributed by atoms with Crippen molar-refractivity contribution >= 4 is 21.9 Å². The Morgan fingerprint density at radius 1 is 0.739 bits per heavy atom. The number of aryl methyl sites for hydroxylation is 1. The van der Waals surface area contributed by atoms with Gasteiger partial charge in [-0.15, -0.1) is 0 Å². The highest BCUT2D eigenvalue weighted by molar-refractivity contribution is 6.07. The monoisotopic (exact) mass is 298 g/mol. The summed E-state index contributed by atoms with van der Waals surface area (Å²) in [6, 6.07) is 19.7. The second-order valence-corrected chi connectivity index (χ2v) is 7.17. The van der Waals surface area contributed by atoms with Crippen LogP contribution in [0.5, 0.6) is 0 Å². The van der Waals surface area contributed by atoms with Gasteiger partial charge in [-0.25, -0.2) is 0 Å². The highest BCUT2D eigenvalue weighted by Gasteiger charge is 2.35. The Hall–Kier alpha value is -2.54. The molecule has 1 aliphatic rings. The maximum absolute atomic E-state index is 6.12. The van der Waals surface area contributed by atoms with Gasteiger partial charge in [-0.1, -0.05) is 49.7 Å². The minimum absolute atomic E-state index is 0.0353. The Bertz CT molecular complexity index is 1100. The first-order valence-corrected chi connectivity index (χ1v) is 8.13. The van der Waals surface area contributed by atoms with Gasteiger partial charge in [0.25, 0.3) is 0 Å². The van der Waals surface area contributed by atoms with Crippen molar-refractivity contribution in [1.29, 1.82) is 0 Å². The summed E-state index contributed by atoms with van der Waals surface area (Å²) in [4.78, 5) is 0. The third-order valence-corrected chi connectivity index (χ3v) is 5.33. The summed E-state index contributed by atoms with van der Waals surface area (Å²) >= 11 is 0. The number of rotatable bonds is 0. The topological polar surface area (TPSA) is 13.1 Å². The second-order valence-electron chi connectivity index (χ2n) is 7.17. The molecule has 0 radical (unpaired) electrons. The summed E-state index contributed by atoms with van der Waals surface area (Å²) < 4.78 is 6.12. The third kappa shape index (κ3) is 1.57. The quantitative estimate of drug-likeness (QED) is 0.376. The molecule has 3 aromatic carbocycles. The van der Waals surface area contributed by atoms with Gasteiger partial charge >= 0.3 is 0 Å². The average molecular weight is 298 g/mol. The van der Waals surface area contributed by atoms with Gasteiger partial charge in [-0.05, 0) is 53.4 Å². The van der Waals surface area contributed by atoms with Crippen molar-refractivity contribution in [2.75, 3.05) is 0 Å². The lowest BCUT2D eigenvalue weighted by Gasteiger charge is -2.21. The molecule has 1 heteroatoms. The first-order valence-electron chi connectivity index (χ1n) is 8.13. The molecular weight excluding hydrogens is 280 g/mol. The molecule has 0 fully saturated rings. The van der Waals surface area contributed by atoms with Crippen LogP contribution in [0, 0.1) is 6.92 Å². The van der Waals surface area contributed by atoms with E-state index in [9.17, 15) is 0 Å². The lowest BCUT2D eigenvalue weighted by atomic mass is 9.82. The van der Waals surface area contributed by atoms with E-state index in [2.05, 4.69) is 75.4 Å². The number of hydrogen-bond acceptors (Lipinski definition) is 1. The van der Waals surface area contributed by atoms with Crippen molar-refractivity contribution in [2.45, 2.75) is 26.2 Å². The normalized spacial score (nSPS) is 15.1. The zero-order valence-corrected chi connectivity index (χ0v) is 13.6. The van der Waals surface area contributed by atoms with Gasteiger partial charge in [0, 0.05) is 16.2 Å². The Morgan fingerprint density at radius 3 is 2.39 bits per heavy atom. The fourth-order valence-electron chi connectivity index (χ4n) is 4.08. The van der Waals surface area contributed by atoms with Crippen LogP contribution in [0.4, 0.5) is 0 Å². The second kappa shape index (κ2) is 4.05. The van der Waals surface area contributed by atoms with Crippen molar-refractivity contribution < 1.29 is 4.42 Å². The summed E-state index contributed by atoms with van der Waals surface area (Å²) in [5, 5.41) is 2.44. The summed E-state index contributed by atoms with van der Waals surface area (Å²) in [5.41, 5.74) is 8.71. The SMILES string of the molecule is Cc1ccc2oc3cc4c(cc3c2c1)C(C)(C)c1ccccc1-4. The van der Waals surface area contributed by atoms with Crippen LogP contribution in [0.1, 0.15) is 30.5 Å². The van der Waals surface area contributed by atoms with Crippen LogP contribution >= 0.6 is 0 Å². The van der Waals surface area contributed by atoms with Gasteiger partial charge in [-0.2, -0.15) is 0 Å². The number of benzene rings is 3. The maximum Gasteiger partial charge on any atom is 0.136 e. The summed E-state index contributed by atoms with van der Waals surface area (Å²) in [6.45, 7) is 6.76. The molecule has 0 spiro atoms. The van der Waals surface area contributed by atoms with Crippen LogP contribution in [0.3, 0.4) is 0 Å². The van der Waals surface area contributed by atoms with E-state index in [1.807, 2.05) is 0 Å². The van der Waals surface area contributed by atoms with Crippen molar-refractivity contribution in [2.24, 2.45) is 0 Å². The molecule has 1 aliphatic carbocycles. The van der Waals surface area contributed by atoms with Crippen molar-refractivity contribution in [3.8, 4) is 11.1 Å². The van der Waals surface area contributed by atoms with Gasteiger partial charge in [0.05, 0.1) is 0 Å². The smallest absolute Gasteiger partial charge is 0.136 e. The molecule has 1 aromatic heterocycles. The van der Waals surface area contributed by atoms with Crippen LogP contribution in [0.2, 0.25) is 0 Å². The summed E-state index contributed by atoms with van der Waals surface area (Å²) in [7, 11) is 0. The Morgan fingerprint density at radius 2 is 1.52 bits per heavy atom. The average Bonchev–Trinajstić information content (AvgIpc) is 3.00. The molecule has 0 bridgehead atoms. The molecule has 23 heavy (non-hydrogen) atoms. The molecule has 4 aromatic rings. The predicted molar refractivity (Wildman–Crippen MR) is 96.0 cm³/mol. The summed E-state index contributed by atoms with van der Waals surface area (Å²) in [6.07, 6.45) is 0. The molecule has 0 aliphatic heterocycles. The Balaban J connectivity index is 1.93. The number of fused-ring (bicyclic) bond motifs is 6. The molecular formula is C22H18O. The Labute approximate surface area is 135 Å². The zero-order chi connectivity index (χ0) is 15.8. The molecule has 5 rings (SSSR count). The maximum atomic E-state index is 6.12. The molecule has 1 heterocycles. The van der Waals surface area contributed by atoms with E-state index >= 15 is 0 Å². The van der Waals surface area contributed by atoms with Gasteiger partial charge in [0.1, 0.15) is 11.2 Å². The minimum Gasteiger partial charge on any atom is -0.456 e. The fraction of sp³-hybridized carbons (Fsp3) is 0.182. The molecule has 0 unspecified atom stereocenters. The fourth-order valence-corrected chi connectivity index (χ4v) is 4.08. The lowest BCUT2D eigenvalue weighted by molar-refractivity contribution is 0.658. The van der Waals surface area contributed by atoms with Crippen LogP contribution < -0.4 is 0 Å². The van der Waals surface area contributed by atoms with Crippen molar-refractivity contribution in [1.82, 2.24) is 0 Å². The Kier molecular flexibility index (Phi) is 2.28. The largest absolute Gasteiger partial charge is 0.456 e. The van der Waals surface area contributed by atoms with Gasteiger partial charge in [-0.3, -0.25) is 0 Å². The van der Waals surface area contributed by atoms with Gasteiger partial charge in [0.15, 0.2) is 0 Å². The highest BCUT2D eigenvalue weighted by atomic mass is 16.3. The molecule has 112 valence electrons. The van der Waals surface area contributed by atoms with E-state index < -0.39 is 0 Å². The van der Waals surface area contributed by atoms with Gasteiger partial charge < -0.3 is 4.42 Å². The molecule has 0 saturated carbocycles.